The molecule has 50 heavy (non-hydrogen) atoms. The van der Waals surface area contributed by atoms with E-state index in [4.69, 9.17) is 13.8 Å². The zero-order valence-electron chi connectivity index (χ0n) is 31.5. The number of aliphatic hydroxyl groups excluding tert-OH is 1. The van der Waals surface area contributed by atoms with Crippen molar-refractivity contribution in [1.29, 1.82) is 0 Å². The Hall–Kier alpha value is -1.78. The highest BCUT2D eigenvalue weighted by Gasteiger charge is 2.28. The lowest BCUT2D eigenvalue weighted by atomic mass is 10.1. The average molecular weight is 734 g/mol. The second-order valence-electron chi connectivity index (χ2n) is 13.5. The van der Waals surface area contributed by atoms with E-state index in [1.807, 2.05) is 0 Å². The van der Waals surface area contributed by atoms with Gasteiger partial charge in [0.15, 0.2) is 6.04 Å². The van der Waals surface area contributed by atoms with Gasteiger partial charge in [-0.3, -0.25) is 18.6 Å². The van der Waals surface area contributed by atoms with Crippen molar-refractivity contribution in [3.8, 4) is 0 Å². The van der Waals surface area contributed by atoms with Crippen LogP contribution in [0.3, 0.4) is 0 Å². The summed E-state index contributed by atoms with van der Waals surface area (Å²) in [7, 11) is -4.74. The summed E-state index contributed by atoms with van der Waals surface area (Å²) in [5.74, 6) is -2.38. The summed E-state index contributed by atoms with van der Waals surface area (Å²) >= 11 is 0. The molecule has 3 atom stereocenters. The molecule has 4 N–H and O–H groups in total. The normalized spacial score (nSPS) is 14.0. The molecule has 0 saturated heterocycles. The van der Waals surface area contributed by atoms with Crippen LogP contribution in [0.4, 0.5) is 0 Å². The number of phosphoric acid groups is 1. The first-order valence-electron chi connectivity index (χ1n) is 19.7. The van der Waals surface area contributed by atoms with E-state index in [0.717, 1.165) is 57.8 Å². The summed E-state index contributed by atoms with van der Waals surface area (Å²) < 4.78 is 26.7. The molecule has 3 unspecified atom stereocenters. The molecule has 0 bridgehead atoms. The van der Waals surface area contributed by atoms with Crippen LogP contribution in [0.1, 0.15) is 181 Å². The monoisotopic (exact) mass is 733 g/mol. The van der Waals surface area contributed by atoms with Crippen LogP contribution in [0.2, 0.25) is 0 Å². The van der Waals surface area contributed by atoms with E-state index >= 15 is 0 Å². The Morgan fingerprint density at radius 2 is 1.04 bits per heavy atom. The third-order valence-electron chi connectivity index (χ3n) is 8.55. The molecule has 0 spiro atoms. The van der Waals surface area contributed by atoms with Crippen LogP contribution < -0.4 is 5.32 Å². The Kier molecular flexibility index (Phi) is 33.1. The first kappa shape index (κ1) is 48.2. The molecule has 0 aromatic rings. The lowest BCUT2D eigenvalue weighted by Crippen LogP contribution is -2.43. The number of allylic oxidation sites excluding steroid dienone is 2. The van der Waals surface area contributed by atoms with Gasteiger partial charge in [0, 0.05) is 12.8 Å². The minimum Gasteiger partial charge on any atom is -0.480 e. The molecule has 0 saturated carbocycles. The van der Waals surface area contributed by atoms with Gasteiger partial charge in [0.25, 0.3) is 0 Å². The average Bonchev–Trinajstić information content (AvgIpc) is 3.08. The number of phosphoric ester groups is 1. The molecule has 0 aromatic carbocycles. The Morgan fingerprint density at radius 1 is 0.620 bits per heavy atom. The van der Waals surface area contributed by atoms with Crippen molar-refractivity contribution in [1.82, 2.24) is 5.32 Å². The molecular weight excluding hydrogens is 661 g/mol. The van der Waals surface area contributed by atoms with E-state index in [2.05, 4.69) is 31.3 Å². The van der Waals surface area contributed by atoms with E-state index in [-0.39, 0.29) is 12.8 Å². The molecule has 11 nitrogen and oxygen atoms in total. The van der Waals surface area contributed by atoms with Crippen molar-refractivity contribution in [3.05, 3.63) is 12.2 Å². The Morgan fingerprint density at radius 3 is 1.52 bits per heavy atom. The van der Waals surface area contributed by atoms with E-state index in [1.165, 1.54) is 83.5 Å². The zero-order valence-corrected chi connectivity index (χ0v) is 32.4. The number of hydrogen-bond acceptors (Lipinski definition) is 8. The number of aliphatic carboxylic acids is 1. The number of carboxylic acid groups (broad SMARTS) is 1. The number of nitrogens with one attached hydrogen (secondary N) is 1. The van der Waals surface area contributed by atoms with Gasteiger partial charge in [-0.1, -0.05) is 142 Å². The molecule has 0 radical (unpaired) electrons. The van der Waals surface area contributed by atoms with Crippen molar-refractivity contribution < 1.29 is 47.8 Å². The number of hydrogen-bond donors (Lipinski definition) is 4. The van der Waals surface area contributed by atoms with Crippen molar-refractivity contribution >= 4 is 25.7 Å². The Balaban J connectivity index is 3.92. The standard InChI is InChI=1S/C38H72NO10P/c1-3-5-7-9-11-13-15-16-17-18-19-20-22-24-26-28-30-37(42)47-31-34(40)32-48-50(45,46)49-33-35(38(43)44)39-36(41)29-27-25-23-21-14-12-10-8-6-4-2/h17-18,34-35,40H,3-16,19-33H2,1-2H3,(H,39,41)(H,43,44)(H,45,46)/b18-17-. The van der Waals surface area contributed by atoms with E-state index in [9.17, 15) is 34.1 Å². The van der Waals surface area contributed by atoms with Crippen LogP contribution in [0.5, 0.6) is 0 Å². The van der Waals surface area contributed by atoms with Crippen LogP contribution in [0.25, 0.3) is 0 Å². The molecule has 0 aromatic heterocycles. The fourth-order valence-electron chi connectivity index (χ4n) is 5.43. The molecule has 1 amide bonds. The summed E-state index contributed by atoms with van der Waals surface area (Å²) in [5.41, 5.74) is 0. The third-order valence-corrected chi connectivity index (χ3v) is 9.51. The molecule has 0 aliphatic carbocycles. The lowest BCUT2D eigenvalue weighted by Gasteiger charge is -2.18. The highest BCUT2D eigenvalue weighted by atomic mass is 31.2. The molecule has 0 rings (SSSR count). The van der Waals surface area contributed by atoms with Gasteiger partial charge >= 0.3 is 19.8 Å². The van der Waals surface area contributed by atoms with Crippen LogP contribution in [0.15, 0.2) is 12.2 Å². The topological polar surface area (TPSA) is 169 Å². The predicted octanol–water partition coefficient (Wildman–Crippen LogP) is 9.33. The Bertz CT molecular complexity index is 916. The second kappa shape index (κ2) is 34.3. The molecule has 0 heterocycles. The summed E-state index contributed by atoms with van der Waals surface area (Å²) in [6.07, 6.45) is 31.0. The highest BCUT2D eigenvalue weighted by Crippen LogP contribution is 2.43. The molecule has 0 aliphatic rings. The summed E-state index contributed by atoms with van der Waals surface area (Å²) in [5, 5.41) is 21.7. The number of ether oxygens (including phenoxy) is 1. The second-order valence-corrected chi connectivity index (χ2v) is 14.9. The van der Waals surface area contributed by atoms with Gasteiger partial charge in [0.2, 0.25) is 5.91 Å². The van der Waals surface area contributed by atoms with Crippen molar-refractivity contribution in [2.45, 2.75) is 193 Å². The minimum absolute atomic E-state index is 0.149. The van der Waals surface area contributed by atoms with Gasteiger partial charge in [-0.05, 0) is 38.5 Å². The van der Waals surface area contributed by atoms with Crippen molar-refractivity contribution in [2.24, 2.45) is 0 Å². The number of esters is 1. The van der Waals surface area contributed by atoms with E-state index in [1.54, 1.807) is 0 Å². The third kappa shape index (κ3) is 33.4. The maximum absolute atomic E-state index is 12.2. The predicted molar refractivity (Wildman–Crippen MR) is 199 cm³/mol. The highest BCUT2D eigenvalue weighted by molar-refractivity contribution is 7.47. The van der Waals surface area contributed by atoms with Crippen molar-refractivity contribution in [2.75, 3.05) is 19.8 Å². The summed E-state index contributed by atoms with van der Waals surface area (Å²) in [6.45, 7) is 2.55. The van der Waals surface area contributed by atoms with Crippen LogP contribution in [-0.2, 0) is 32.7 Å². The first-order valence-corrected chi connectivity index (χ1v) is 21.2. The minimum atomic E-state index is -4.74. The number of carbonyl (C=O) groups excluding carboxylic acids is 2. The molecule has 12 heteroatoms. The molecule has 0 aliphatic heterocycles. The summed E-state index contributed by atoms with van der Waals surface area (Å²) in [6, 6.07) is -1.54. The van der Waals surface area contributed by atoms with Gasteiger partial charge in [0.1, 0.15) is 12.7 Å². The number of carbonyl (C=O) groups is 3. The number of aliphatic hydroxyl groups is 1. The lowest BCUT2D eigenvalue weighted by molar-refractivity contribution is -0.147. The largest absolute Gasteiger partial charge is 0.480 e. The van der Waals surface area contributed by atoms with E-state index < -0.39 is 57.6 Å². The number of carboxylic acids is 1. The SMILES string of the molecule is CCCCCCCCC/C=C\CCCCCCCC(=O)OCC(O)COP(=O)(O)OCC(NC(=O)CCCCCCCCCCCC)C(=O)O. The Labute approximate surface area is 303 Å². The van der Waals surface area contributed by atoms with E-state index in [0.29, 0.717) is 12.8 Å². The summed E-state index contributed by atoms with van der Waals surface area (Å²) in [4.78, 5) is 45.6. The van der Waals surface area contributed by atoms with Gasteiger partial charge in [-0.2, -0.15) is 0 Å². The zero-order chi connectivity index (χ0) is 37.1. The number of amides is 1. The van der Waals surface area contributed by atoms with Crippen LogP contribution in [-0.4, -0.2) is 64.9 Å². The molecule has 294 valence electrons. The van der Waals surface area contributed by atoms with Gasteiger partial charge < -0.3 is 25.2 Å². The van der Waals surface area contributed by atoms with Gasteiger partial charge in [-0.15, -0.1) is 0 Å². The smallest absolute Gasteiger partial charge is 0.472 e. The first-order chi connectivity index (χ1) is 24.1. The maximum Gasteiger partial charge on any atom is 0.472 e. The van der Waals surface area contributed by atoms with Crippen LogP contribution >= 0.6 is 7.82 Å². The van der Waals surface area contributed by atoms with Crippen molar-refractivity contribution in [3.63, 3.8) is 0 Å². The fraction of sp³-hybridized carbons (Fsp3) is 0.868. The number of rotatable bonds is 37. The van der Waals surface area contributed by atoms with Gasteiger partial charge in [0.05, 0.1) is 13.2 Å². The quantitative estimate of drug-likeness (QED) is 0.0209. The molecule has 0 fully saturated rings. The van der Waals surface area contributed by atoms with Crippen LogP contribution in [0, 0.1) is 0 Å². The van der Waals surface area contributed by atoms with Gasteiger partial charge in [-0.25, -0.2) is 9.36 Å². The molecular formula is C38H72NO10P. The fourth-order valence-corrected chi connectivity index (χ4v) is 6.20. The number of unbranched alkanes of at least 4 members (excludes halogenated alkanes) is 21. The maximum atomic E-state index is 12.2.